The standard InChI is InChI=1S/C20H23NO4/c1-3-16-14(19(23)24)11-17(25-16)18(22)21-12-20(2)10-6-8-13-7-4-5-9-15(13)20/h4-5,7,9,11H,3,6,8,10,12H2,1-2H3,(H,21,22)(H,23,24). The minimum atomic E-state index is -1.08. The summed E-state index contributed by atoms with van der Waals surface area (Å²) in [4.78, 5) is 23.7. The molecule has 25 heavy (non-hydrogen) atoms. The summed E-state index contributed by atoms with van der Waals surface area (Å²) >= 11 is 0. The SMILES string of the molecule is CCc1oc(C(=O)NCC2(C)CCCc3ccccc32)cc1C(=O)O. The minimum Gasteiger partial charge on any atom is -0.478 e. The molecule has 0 spiro atoms. The number of nitrogens with one attached hydrogen (secondary N) is 1. The van der Waals surface area contributed by atoms with Gasteiger partial charge in [0.2, 0.25) is 0 Å². The summed E-state index contributed by atoms with van der Waals surface area (Å²) in [7, 11) is 0. The second-order valence-electron chi connectivity index (χ2n) is 6.86. The molecule has 1 amide bonds. The highest BCUT2D eigenvalue weighted by molar-refractivity contribution is 5.96. The van der Waals surface area contributed by atoms with E-state index in [-0.39, 0.29) is 22.6 Å². The lowest BCUT2D eigenvalue weighted by Crippen LogP contribution is -2.40. The molecule has 2 aromatic rings. The quantitative estimate of drug-likeness (QED) is 0.871. The number of carbonyl (C=O) groups is 2. The zero-order chi connectivity index (χ0) is 18.0. The van der Waals surface area contributed by atoms with Gasteiger partial charge >= 0.3 is 5.97 Å². The Bertz CT molecular complexity index is 808. The highest BCUT2D eigenvalue weighted by atomic mass is 16.4. The molecule has 1 heterocycles. The molecule has 1 aliphatic carbocycles. The molecule has 0 bridgehead atoms. The average molecular weight is 341 g/mol. The van der Waals surface area contributed by atoms with E-state index in [0.29, 0.717) is 18.7 Å². The molecule has 1 aromatic heterocycles. The van der Waals surface area contributed by atoms with E-state index in [2.05, 4.69) is 24.4 Å². The third-order valence-corrected chi connectivity index (χ3v) is 5.07. The number of benzene rings is 1. The molecule has 1 unspecified atom stereocenters. The molecule has 5 heteroatoms. The van der Waals surface area contributed by atoms with Gasteiger partial charge in [0.05, 0.1) is 0 Å². The molecule has 1 atom stereocenters. The Labute approximate surface area is 147 Å². The van der Waals surface area contributed by atoms with Crippen LogP contribution in [0.4, 0.5) is 0 Å². The minimum absolute atomic E-state index is 0.0573. The van der Waals surface area contributed by atoms with E-state index in [4.69, 9.17) is 4.42 Å². The van der Waals surface area contributed by atoms with Gasteiger partial charge in [0.1, 0.15) is 11.3 Å². The first-order valence-corrected chi connectivity index (χ1v) is 8.67. The van der Waals surface area contributed by atoms with Crippen molar-refractivity contribution < 1.29 is 19.1 Å². The van der Waals surface area contributed by atoms with Crippen LogP contribution in [0.5, 0.6) is 0 Å². The van der Waals surface area contributed by atoms with Gasteiger partial charge in [-0.1, -0.05) is 38.1 Å². The van der Waals surface area contributed by atoms with Crippen molar-refractivity contribution in [3.8, 4) is 0 Å². The molecule has 5 nitrogen and oxygen atoms in total. The topological polar surface area (TPSA) is 79.5 Å². The van der Waals surface area contributed by atoms with Gasteiger partial charge in [0.15, 0.2) is 5.76 Å². The van der Waals surface area contributed by atoms with Crippen molar-refractivity contribution in [1.29, 1.82) is 0 Å². The molecule has 0 saturated heterocycles. The molecule has 0 saturated carbocycles. The third kappa shape index (κ3) is 3.31. The van der Waals surface area contributed by atoms with Gasteiger partial charge in [0, 0.05) is 24.4 Å². The lowest BCUT2D eigenvalue weighted by molar-refractivity contribution is 0.0694. The lowest BCUT2D eigenvalue weighted by atomic mass is 9.71. The van der Waals surface area contributed by atoms with Crippen LogP contribution in [0.15, 0.2) is 34.7 Å². The van der Waals surface area contributed by atoms with Crippen molar-refractivity contribution in [3.05, 3.63) is 58.5 Å². The van der Waals surface area contributed by atoms with Crippen LogP contribution in [0, 0.1) is 0 Å². The Balaban J connectivity index is 1.76. The molecule has 0 fully saturated rings. The number of hydrogen-bond acceptors (Lipinski definition) is 3. The number of fused-ring (bicyclic) bond motifs is 1. The van der Waals surface area contributed by atoms with Crippen LogP contribution >= 0.6 is 0 Å². The Kier molecular flexibility index (Phi) is 4.66. The van der Waals surface area contributed by atoms with Gasteiger partial charge in [-0.25, -0.2) is 4.79 Å². The zero-order valence-corrected chi connectivity index (χ0v) is 14.6. The van der Waals surface area contributed by atoms with Gasteiger partial charge in [-0.3, -0.25) is 4.79 Å². The van der Waals surface area contributed by atoms with Crippen LogP contribution in [-0.4, -0.2) is 23.5 Å². The van der Waals surface area contributed by atoms with Crippen molar-refractivity contribution in [3.63, 3.8) is 0 Å². The summed E-state index contributed by atoms with van der Waals surface area (Å²) in [6.45, 7) is 4.45. The number of carboxylic acids is 1. The first kappa shape index (κ1) is 17.3. The van der Waals surface area contributed by atoms with E-state index in [1.807, 2.05) is 12.1 Å². The number of aryl methyl sites for hydroxylation is 2. The molecule has 132 valence electrons. The Morgan fingerprint density at radius 3 is 2.76 bits per heavy atom. The molecular formula is C20H23NO4. The number of aromatic carboxylic acids is 1. The van der Waals surface area contributed by atoms with E-state index >= 15 is 0 Å². The maximum atomic E-state index is 12.4. The molecule has 1 aliphatic rings. The molecule has 2 N–H and O–H groups in total. The normalized spacial score (nSPS) is 19.3. The average Bonchev–Trinajstić information content (AvgIpc) is 3.05. The van der Waals surface area contributed by atoms with Crippen LogP contribution in [0.1, 0.15) is 64.5 Å². The van der Waals surface area contributed by atoms with E-state index in [1.165, 1.54) is 17.2 Å². The van der Waals surface area contributed by atoms with Crippen LogP contribution < -0.4 is 5.32 Å². The van der Waals surface area contributed by atoms with Crippen LogP contribution in [0.25, 0.3) is 0 Å². The summed E-state index contributed by atoms with van der Waals surface area (Å²) in [5, 5.41) is 12.1. The number of carbonyl (C=O) groups excluding carboxylic acids is 1. The second-order valence-corrected chi connectivity index (χ2v) is 6.86. The van der Waals surface area contributed by atoms with E-state index in [0.717, 1.165) is 19.3 Å². The Morgan fingerprint density at radius 1 is 1.32 bits per heavy atom. The van der Waals surface area contributed by atoms with Crippen LogP contribution in [0.2, 0.25) is 0 Å². The number of furan rings is 1. The van der Waals surface area contributed by atoms with E-state index < -0.39 is 5.97 Å². The van der Waals surface area contributed by atoms with Crippen LogP contribution in [-0.2, 0) is 18.3 Å². The summed E-state index contributed by atoms with van der Waals surface area (Å²) in [5.74, 6) is -1.06. The molecule has 1 aromatic carbocycles. The smallest absolute Gasteiger partial charge is 0.339 e. The summed E-state index contributed by atoms with van der Waals surface area (Å²) in [6.07, 6.45) is 3.59. The maximum absolute atomic E-state index is 12.4. The zero-order valence-electron chi connectivity index (χ0n) is 14.6. The second kappa shape index (κ2) is 6.75. The molecule has 0 aliphatic heterocycles. The molecule has 3 rings (SSSR count). The fourth-order valence-corrected chi connectivity index (χ4v) is 3.66. The van der Waals surface area contributed by atoms with Crippen molar-refractivity contribution in [2.24, 2.45) is 0 Å². The maximum Gasteiger partial charge on any atom is 0.339 e. The van der Waals surface area contributed by atoms with Gasteiger partial charge < -0.3 is 14.8 Å². The number of rotatable bonds is 5. The van der Waals surface area contributed by atoms with Gasteiger partial charge in [-0.05, 0) is 30.4 Å². The van der Waals surface area contributed by atoms with E-state index in [9.17, 15) is 14.7 Å². The van der Waals surface area contributed by atoms with Crippen molar-refractivity contribution >= 4 is 11.9 Å². The van der Waals surface area contributed by atoms with Gasteiger partial charge in [0.25, 0.3) is 5.91 Å². The number of hydrogen-bond donors (Lipinski definition) is 2. The first-order valence-electron chi connectivity index (χ1n) is 8.67. The predicted octanol–water partition coefficient (Wildman–Crippen LogP) is 3.56. The monoisotopic (exact) mass is 341 g/mol. The molecule has 0 radical (unpaired) electrons. The highest BCUT2D eigenvalue weighted by Crippen LogP contribution is 2.36. The third-order valence-electron chi connectivity index (χ3n) is 5.07. The summed E-state index contributed by atoms with van der Waals surface area (Å²) < 4.78 is 5.44. The van der Waals surface area contributed by atoms with Crippen molar-refractivity contribution in [2.45, 2.75) is 44.9 Å². The van der Waals surface area contributed by atoms with E-state index in [1.54, 1.807) is 6.92 Å². The summed E-state index contributed by atoms with van der Waals surface area (Å²) in [5.41, 5.74) is 2.55. The largest absolute Gasteiger partial charge is 0.478 e. The van der Waals surface area contributed by atoms with Gasteiger partial charge in [-0.2, -0.15) is 0 Å². The first-order chi connectivity index (χ1) is 11.9. The lowest BCUT2D eigenvalue weighted by Gasteiger charge is -2.36. The fraction of sp³-hybridized carbons (Fsp3) is 0.400. The number of carboxylic acid groups (broad SMARTS) is 1. The predicted molar refractivity (Wildman–Crippen MR) is 94.1 cm³/mol. The van der Waals surface area contributed by atoms with Crippen LogP contribution in [0.3, 0.4) is 0 Å². The van der Waals surface area contributed by atoms with Crippen molar-refractivity contribution in [2.75, 3.05) is 6.54 Å². The molecular weight excluding hydrogens is 318 g/mol. The highest BCUT2D eigenvalue weighted by Gasteiger charge is 2.32. The number of amides is 1. The summed E-state index contributed by atoms with van der Waals surface area (Å²) in [6, 6.07) is 9.67. The Morgan fingerprint density at radius 2 is 2.08 bits per heavy atom. The fourth-order valence-electron chi connectivity index (χ4n) is 3.66. The van der Waals surface area contributed by atoms with Crippen molar-refractivity contribution in [1.82, 2.24) is 5.32 Å². The Hall–Kier alpha value is -2.56. The van der Waals surface area contributed by atoms with Gasteiger partial charge in [-0.15, -0.1) is 0 Å².